The molecule has 3 rings (SSSR count). The van der Waals surface area contributed by atoms with Gasteiger partial charge >= 0.3 is 0 Å². The number of ether oxygens (including phenoxy) is 3. The Labute approximate surface area is 168 Å². The van der Waals surface area contributed by atoms with E-state index < -0.39 is 5.82 Å². The number of rotatable bonds is 8. The predicted octanol–water partition coefficient (Wildman–Crippen LogP) is 2.55. The third-order valence-corrected chi connectivity index (χ3v) is 4.75. The van der Waals surface area contributed by atoms with Crippen molar-refractivity contribution in [1.82, 2.24) is 5.32 Å². The third kappa shape index (κ3) is 5.21. The van der Waals surface area contributed by atoms with Gasteiger partial charge in [0.2, 0.25) is 0 Å². The Balaban J connectivity index is 1.52. The van der Waals surface area contributed by atoms with Crippen LogP contribution in [0.3, 0.4) is 0 Å². The van der Waals surface area contributed by atoms with Crippen molar-refractivity contribution in [3.05, 3.63) is 53.6 Å². The molecule has 0 radical (unpaired) electrons. The molecule has 6 nitrogen and oxygen atoms in total. The SMILES string of the molecule is COc1ccc(N2C[C@@H](CNCCc3ccc(F)c(OC)c3)OCC2=O)cc1F. The van der Waals surface area contributed by atoms with Crippen molar-refractivity contribution in [2.24, 2.45) is 0 Å². The molecule has 2 aromatic rings. The first-order valence-corrected chi connectivity index (χ1v) is 9.30. The van der Waals surface area contributed by atoms with Crippen molar-refractivity contribution in [1.29, 1.82) is 0 Å². The van der Waals surface area contributed by atoms with Gasteiger partial charge in [-0.2, -0.15) is 0 Å². The van der Waals surface area contributed by atoms with Crippen molar-refractivity contribution in [3.8, 4) is 11.5 Å². The average molecular weight is 406 g/mol. The van der Waals surface area contributed by atoms with Crippen molar-refractivity contribution >= 4 is 11.6 Å². The zero-order valence-corrected chi connectivity index (χ0v) is 16.4. The fourth-order valence-electron chi connectivity index (χ4n) is 3.18. The molecule has 1 fully saturated rings. The van der Waals surface area contributed by atoms with Crippen LogP contribution in [0.2, 0.25) is 0 Å². The first-order chi connectivity index (χ1) is 14.0. The number of nitrogens with one attached hydrogen (secondary N) is 1. The molecule has 156 valence electrons. The summed E-state index contributed by atoms with van der Waals surface area (Å²) in [6, 6.07) is 9.21. The van der Waals surface area contributed by atoms with Gasteiger partial charge < -0.3 is 24.4 Å². The second-order valence-corrected chi connectivity index (χ2v) is 6.68. The van der Waals surface area contributed by atoms with Crippen LogP contribution in [-0.2, 0) is 16.0 Å². The molecule has 1 N–H and O–H groups in total. The van der Waals surface area contributed by atoms with E-state index in [2.05, 4.69) is 5.32 Å². The predicted molar refractivity (Wildman–Crippen MR) is 105 cm³/mol. The molecule has 0 aliphatic carbocycles. The second kappa shape index (κ2) is 9.67. The summed E-state index contributed by atoms with van der Waals surface area (Å²) in [7, 11) is 2.82. The molecule has 2 aromatic carbocycles. The molecule has 0 saturated carbocycles. The summed E-state index contributed by atoms with van der Waals surface area (Å²) in [5.74, 6) is -0.776. The minimum absolute atomic E-state index is 0.0604. The Morgan fingerprint density at radius 3 is 2.62 bits per heavy atom. The van der Waals surface area contributed by atoms with Gasteiger partial charge in [0.25, 0.3) is 5.91 Å². The van der Waals surface area contributed by atoms with Crippen molar-refractivity contribution < 1.29 is 27.8 Å². The number of benzene rings is 2. The van der Waals surface area contributed by atoms with Crippen molar-refractivity contribution in [3.63, 3.8) is 0 Å². The monoisotopic (exact) mass is 406 g/mol. The van der Waals surface area contributed by atoms with Crippen molar-refractivity contribution in [2.75, 3.05) is 45.4 Å². The molecule has 0 spiro atoms. The maximum atomic E-state index is 14.0. The highest BCUT2D eigenvalue weighted by atomic mass is 19.1. The van der Waals surface area contributed by atoms with Gasteiger partial charge in [-0.05, 0) is 42.8 Å². The number of carbonyl (C=O) groups is 1. The number of nitrogens with zero attached hydrogens (tertiary/aromatic N) is 1. The van der Waals surface area contributed by atoms with Gasteiger partial charge in [0.15, 0.2) is 23.1 Å². The zero-order valence-electron chi connectivity index (χ0n) is 16.4. The minimum Gasteiger partial charge on any atom is -0.494 e. The summed E-state index contributed by atoms with van der Waals surface area (Å²) in [6.07, 6.45) is 0.469. The standard InChI is InChI=1S/C21H24F2N2O4/c1-27-19-6-4-15(10-18(19)23)25-12-16(29-13-21(25)26)11-24-8-7-14-3-5-17(22)20(9-14)28-2/h3-6,9-10,16,24H,7-8,11-13H2,1-2H3/t16-/m1/s1. The fourth-order valence-corrected chi connectivity index (χ4v) is 3.18. The quantitative estimate of drug-likeness (QED) is 0.683. The van der Waals surface area contributed by atoms with E-state index in [-0.39, 0.29) is 35.9 Å². The summed E-state index contributed by atoms with van der Waals surface area (Å²) < 4.78 is 42.9. The molecular formula is C21H24F2N2O4. The van der Waals surface area contributed by atoms with E-state index >= 15 is 0 Å². The van der Waals surface area contributed by atoms with Crippen LogP contribution in [0.1, 0.15) is 5.56 Å². The van der Waals surface area contributed by atoms with E-state index in [9.17, 15) is 13.6 Å². The third-order valence-electron chi connectivity index (χ3n) is 4.75. The van der Waals surface area contributed by atoms with Crippen LogP contribution in [-0.4, -0.2) is 52.5 Å². The lowest BCUT2D eigenvalue weighted by Gasteiger charge is -2.33. The molecule has 1 saturated heterocycles. The summed E-state index contributed by atoms with van der Waals surface area (Å²) in [6.45, 7) is 1.44. The summed E-state index contributed by atoms with van der Waals surface area (Å²) in [5.41, 5.74) is 1.42. The van der Waals surface area contributed by atoms with E-state index in [1.165, 1.54) is 37.3 Å². The number of morpholine rings is 1. The van der Waals surface area contributed by atoms with E-state index in [0.717, 1.165) is 5.56 Å². The lowest BCUT2D eigenvalue weighted by atomic mass is 10.1. The van der Waals surface area contributed by atoms with E-state index in [1.54, 1.807) is 18.2 Å². The summed E-state index contributed by atoms with van der Waals surface area (Å²) in [5, 5.41) is 3.28. The summed E-state index contributed by atoms with van der Waals surface area (Å²) in [4.78, 5) is 13.7. The molecule has 1 atom stereocenters. The number of anilines is 1. The Hall–Kier alpha value is -2.71. The minimum atomic E-state index is -0.520. The van der Waals surface area contributed by atoms with Crippen molar-refractivity contribution in [2.45, 2.75) is 12.5 Å². The first kappa shape index (κ1) is 21.0. The van der Waals surface area contributed by atoms with E-state index in [4.69, 9.17) is 14.2 Å². The highest BCUT2D eigenvalue weighted by Gasteiger charge is 2.27. The Kier molecular flexibility index (Phi) is 7.00. The molecule has 0 bridgehead atoms. The topological polar surface area (TPSA) is 60.0 Å². The number of methoxy groups -OCH3 is 2. The maximum Gasteiger partial charge on any atom is 0.253 e. The van der Waals surface area contributed by atoms with Crippen LogP contribution < -0.4 is 19.7 Å². The van der Waals surface area contributed by atoms with Gasteiger partial charge in [0.1, 0.15) is 6.61 Å². The van der Waals surface area contributed by atoms with Crippen LogP contribution in [0.15, 0.2) is 36.4 Å². The van der Waals surface area contributed by atoms with E-state index in [1.807, 2.05) is 0 Å². The van der Waals surface area contributed by atoms with Crippen LogP contribution in [0.4, 0.5) is 14.5 Å². The van der Waals surface area contributed by atoms with Gasteiger partial charge in [-0.25, -0.2) is 8.78 Å². The molecular weight excluding hydrogens is 382 g/mol. The number of halogens is 2. The second-order valence-electron chi connectivity index (χ2n) is 6.68. The molecule has 1 amide bonds. The number of carbonyl (C=O) groups excluding carboxylic acids is 1. The number of hydrogen-bond donors (Lipinski definition) is 1. The number of hydrogen-bond acceptors (Lipinski definition) is 5. The molecule has 1 heterocycles. The Morgan fingerprint density at radius 1 is 1.10 bits per heavy atom. The molecule has 0 aromatic heterocycles. The van der Waals surface area contributed by atoms with Gasteiger partial charge in [-0.3, -0.25) is 4.79 Å². The van der Waals surface area contributed by atoms with Gasteiger partial charge in [0, 0.05) is 18.3 Å². The molecule has 29 heavy (non-hydrogen) atoms. The van der Waals surface area contributed by atoms with E-state index in [0.29, 0.717) is 31.7 Å². The zero-order chi connectivity index (χ0) is 20.8. The Morgan fingerprint density at radius 2 is 1.90 bits per heavy atom. The lowest BCUT2D eigenvalue weighted by molar-refractivity contribution is -0.129. The van der Waals surface area contributed by atoms with Crippen LogP contribution in [0, 0.1) is 11.6 Å². The average Bonchev–Trinajstić information content (AvgIpc) is 2.73. The normalized spacial score (nSPS) is 16.8. The lowest BCUT2D eigenvalue weighted by Crippen LogP contribution is -2.50. The number of amides is 1. The largest absolute Gasteiger partial charge is 0.494 e. The first-order valence-electron chi connectivity index (χ1n) is 9.30. The fraction of sp³-hybridized carbons (Fsp3) is 0.381. The smallest absolute Gasteiger partial charge is 0.253 e. The van der Waals surface area contributed by atoms with Crippen LogP contribution >= 0.6 is 0 Å². The highest BCUT2D eigenvalue weighted by molar-refractivity contribution is 5.95. The van der Waals surface area contributed by atoms with Gasteiger partial charge in [0.05, 0.1) is 26.9 Å². The maximum absolute atomic E-state index is 14.0. The molecule has 8 heteroatoms. The van der Waals surface area contributed by atoms with Crippen LogP contribution in [0.25, 0.3) is 0 Å². The molecule has 1 aliphatic heterocycles. The molecule has 1 aliphatic rings. The highest BCUT2D eigenvalue weighted by Crippen LogP contribution is 2.25. The van der Waals surface area contributed by atoms with Crippen LogP contribution in [0.5, 0.6) is 11.5 Å². The Bertz CT molecular complexity index is 863. The molecule has 0 unspecified atom stereocenters. The van der Waals surface area contributed by atoms with Gasteiger partial charge in [-0.1, -0.05) is 6.07 Å². The van der Waals surface area contributed by atoms with Gasteiger partial charge in [-0.15, -0.1) is 0 Å². The summed E-state index contributed by atoms with van der Waals surface area (Å²) >= 11 is 0.